The van der Waals surface area contributed by atoms with E-state index in [4.69, 9.17) is 0 Å². The maximum absolute atomic E-state index is 10.2. The number of nitro groups is 4. The smallest absolute Gasteiger partial charge is 0.390 e. The van der Waals surface area contributed by atoms with Crippen molar-refractivity contribution < 1.29 is 19.9 Å². The normalized spacial score (nSPS) is 11.6. The summed E-state index contributed by atoms with van der Waals surface area (Å²) in [6.07, 6.45) is 0. The van der Waals surface area contributed by atoms with E-state index in [0.717, 1.165) is 0 Å². The van der Waals surface area contributed by atoms with Crippen molar-refractivity contribution in [2.24, 2.45) is 10.2 Å². The van der Waals surface area contributed by atoms with Gasteiger partial charge in [-0.15, -0.1) is 0 Å². The number of guanidine groups is 2. The topological polar surface area (TPSA) is 245 Å². The van der Waals surface area contributed by atoms with Gasteiger partial charge in [0.05, 0.1) is 0 Å². The first-order chi connectivity index (χ1) is 9.23. The summed E-state index contributed by atoms with van der Waals surface area (Å²) in [4.78, 5) is 37.7. The fourth-order valence-electron chi connectivity index (χ4n) is 0.543. The van der Waals surface area contributed by atoms with E-state index in [0.29, 0.717) is 0 Å². The van der Waals surface area contributed by atoms with E-state index in [-0.39, 0.29) is 0 Å². The largest absolute Gasteiger partial charge is 0.518 e. The van der Waals surface area contributed by atoms with Gasteiger partial charge < -0.3 is 20.2 Å². The second-order valence-electron chi connectivity index (χ2n) is 2.34. The van der Waals surface area contributed by atoms with Crippen LogP contribution in [0, 0.1) is 40.5 Å². The molecule has 110 valence electrons. The Hall–Kier alpha value is -3.54. The summed E-state index contributed by atoms with van der Waals surface area (Å²) in [7, 11) is 0. The molecule has 0 aliphatic carbocycles. The molecule has 0 heterocycles. The Labute approximate surface area is 106 Å². The molecule has 0 saturated heterocycles. The van der Waals surface area contributed by atoms with Crippen LogP contribution < -0.4 is 21.9 Å². The molecule has 0 fully saturated rings. The lowest BCUT2D eigenvalue weighted by atomic mass is 11.0. The Balaban J connectivity index is 4.43. The minimum atomic E-state index is -1.38. The van der Waals surface area contributed by atoms with E-state index in [2.05, 4.69) is 10.2 Å². The summed E-state index contributed by atoms with van der Waals surface area (Å²) < 4.78 is 0. The number of hydrogen-bond acceptors (Lipinski definition) is 10. The molecular weight excluding hydrogens is 292 g/mol. The number of nitrogens with zero attached hydrogens (tertiary/aromatic N) is 6. The number of nitrogens with one attached hydrogen (secondary N) is 4. The molecule has 0 spiro atoms. The lowest BCUT2D eigenvalue weighted by Crippen LogP contribution is -2.57. The fraction of sp³-hybridized carbons (Fsp3) is 0. The average Bonchev–Trinajstić information content (AvgIpc) is 2.29. The predicted octanol–water partition coefficient (Wildman–Crippen LogP) is -3.26. The number of rotatable bonds is 5. The molecular formula is C2H4N10O8. The molecule has 0 atom stereocenters. The van der Waals surface area contributed by atoms with Crippen LogP contribution in [0.2, 0.25) is 0 Å². The van der Waals surface area contributed by atoms with Crippen LogP contribution in [-0.4, -0.2) is 31.8 Å². The molecule has 0 bridgehead atoms. The fourth-order valence-corrected chi connectivity index (χ4v) is 0.543. The van der Waals surface area contributed by atoms with Gasteiger partial charge in [0, 0.05) is 0 Å². The highest BCUT2D eigenvalue weighted by Crippen LogP contribution is 1.77. The summed E-state index contributed by atoms with van der Waals surface area (Å²) in [5.74, 6) is -2.73. The van der Waals surface area contributed by atoms with Crippen LogP contribution in [0.3, 0.4) is 0 Å². The highest BCUT2D eigenvalue weighted by atomic mass is 16.7. The zero-order chi connectivity index (χ0) is 15.7. The van der Waals surface area contributed by atoms with Gasteiger partial charge in [-0.2, -0.15) is 10.9 Å². The monoisotopic (exact) mass is 296 g/mol. The molecule has 0 aromatic carbocycles. The van der Waals surface area contributed by atoms with Crippen LogP contribution >= 0.6 is 0 Å². The quantitative estimate of drug-likeness (QED) is 0.128. The van der Waals surface area contributed by atoms with Crippen molar-refractivity contribution in [3.63, 3.8) is 0 Å². The van der Waals surface area contributed by atoms with Crippen LogP contribution in [0.4, 0.5) is 0 Å². The zero-order valence-corrected chi connectivity index (χ0v) is 8.95. The van der Waals surface area contributed by atoms with Crippen molar-refractivity contribution in [3.05, 3.63) is 40.5 Å². The van der Waals surface area contributed by atoms with Crippen LogP contribution in [-0.2, 0) is 0 Å². The SMILES string of the molecule is O=[N+]([O-])/N=C(\NNNN/C(=N\[N+](=O)[O-])[N+](=O)[O-])[N+](=O)[O-]. The van der Waals surface area contributed by atoms with Crippen LogP contribution in [0.15, 0.2) is 10.2 Å². The minimum Gasteiger partial charge on any atom is -0.390 e. The standard InChI is InChI=1S/C2H4N10O8/c13-9(14)1(5-11(17)18)3-7-8-4-2(10(15)16)6-12(19)20/h7-8H,(H,3,5)(H,4,6). The molecule has 4 N–H and O–H groups in total. The van der Waals surface area contributed by atoms with Gasteiger partial charge in [-0.1, -0.05) is 11.1 Å². The van der Waals surface area contributed by atoms with Crippen molar-refractivity contribution in [2.45, 2.75) is 0 Å². The van der Waals surface area contributed by atoms with Gasteiger partial charge in [0.2, 0.25) is 0 Å². The van der Waals surface area contributed by atoms with Crippen molar-refractivity contribution in [1.29, 1.82) is 0 Å². The zero-order valence-electron chi connectivity index (χ0n) is 8.95. The van der Waals surface area contributed by atoms with Gasteiger partial charge in [0.1, 0.15) is 0 Å². The second-order valence-corrected chi connectivity index (χ2v) is 2.34. The summed E-state index contributed by atoms with van der Waals surface area (Å²) in [6, 6.07) is 0. The van der Waals surface area contributed by atoms with E-state index in [9.17, 15) is 40.5 Å². The van der Waals surface area contributed by atoms with Gasteiger partial charge >= 0.3 is 11.9 Å². The van der Waals surface area contributed by atoms with Crippen molar-refractivity contribution in [3.8, 4) is 0 Å². The summed E-state index contributed by atoms with van der Waals surface area (Å²) in [5, 5.41) is 42.1. The van der Waals surface area contributed by atoms with E-state index in [1.165, 1.54) is 10.9 Å². The van der Waals surface area contributed by atoms with Crippen LogP contribution in [0.25, 0.3) is 0 Å². The molecule has 0 aromatic heterocycles. The molecule has 0 aliphatic heterocycles. The highest BCUT2D eigenvalue weighted by Gasteiger charge is 2.20. The van der Waals surface area contributed by atoms with Gasteiger partial charge in [0.15, 0.2) is 0 Å². The highest BCUT2D eigenvalue weighted by molar-refractivity contribution is 5.70. The molecule has 0 unspecified atom stereocenters. The maximum atomic E-state index is 10.2. The predicted molar refractivity (Wildman–Crippen MR) is 55.4 cm³/mol. The molecule has 0 aromatic rings. The van der Waals surface area contributed by atoms with Crippen molar-refractivity contribution in [2.75, 3.05) is 0 Å². The summed E-state index contributed by atoms with van der Waals surface area (Å²) in [5.41, 5.74) is 6.34. The Bertz CT molecular complexity index is 436. The molecule has 20 heavy (non-hydrogen) atoms. The van der Waals surface area contributed by atoms with E-state index < -0.39 is 31.8 Å². The van der Waals surface area contributed by atoms with Crippen LogP contribution in [0.1, 0.15) is 0 Å². The molecule has 0 rings (SSSR count). The summed E-state index contributed by atoms with van der Waals surface area (Å²) in [6.45, 7) is 0. The molecule has 0 aliphatic rings. The van der Waals surface area contributed by atoms with Gasteiger partial charge in [-0.05, 0) is 9.85 Å². The Kier molecular flexibility index (Phi) is 6.36. The first-order valence-electron chi connectivity index (χ1n) is 4.01. The van der Waals surface area contributed by atoms with Crippen molar-refractivity contribution >= 4 is 11.9 Å². The van der Waals surface area contributed by atoms with E-state index in [1.807, 2.05) is 0 Å². The molecule has 0 saturated carbocycles. The van der Waals surface area contributed by atoms with E-state index >= 15 is 0 Å². The summed E-state index contributed by atoms with van der Waals surface area (Å²) >= 11 is 0. The second kappa shape index (κ2) is 7.72. The lowest BCUT2D eigenvalue weighted by molar-refractivity contribution is -0.497. The molecule has 18 heteroatoms. The van der Waals surface area contributed by atoms with E-state index in [1.54, 1.807) is 11.1 Å². The van der Waals surface area contributed by atoms with Gasteiger partial charge in [0.25, 0.3) is 20.3 Å². The third kappa shape index (κ3) is 6.92. The molecule has 0 amide bonds. The Morgan fingerprint density at radius 1 is 0.700 bits per heavy atom. The number of hydrazine groups is 3. The van der Waals surface area contributed by atoms with Gasteiger partial charge in [-0.3, -0.25) is 0 Å². The Morgan fingerprint density at radius 3 is 1.20 bits per heavy atom. The third-order valence-electron chi connectivity index (χ3n) is 1.11. The van der Waals surface area contributed by atoms with Crippen molar-refractivity contribution in [1.82, 2.24) is 21.9 Å². The average molecular weight is 296 g/mol. The van der Waals surface area contributed by atoms with Crippen LogP contribution in [0.5, 0.6) is 0 Å². The Morgan fingerprint density at radius 2 is 1.00 bits per heavy atom. The van der Waals surface area contributed by atoms with Gasteiger partial charge in [-0.25, -0.2) is 20.2 Å². The third-order valence-corrected chi connectivity index (χ3v) is 1.11. The maximum Gasteiger partial charge on any atom is 0.518 e. The first-order valence-corrected chi connectivity index (χ1v) is 4.01. The first kappa shape index (κ1) is 16.5. The molecule has 18 nitrogen and oxygen atoms in total. The molecule has 0 radical (unpaired) electrons. The lowest BCUT2D eigenvalue weighted by Gasteiger charge is -2.02. The minimum absolute atomic E-state index is 1.28. The number of hydrazone groups is 2. The number of hydrogen-bond donors (Lipinski definition) is 4.